The van der Waals surface area contributed by atoms with Gasteiger partial charge in [0.25, 0.3) is 5.91 Å². The highest BCUT2D eigenvalue weighted by atomic mass is 32.2. The molecule has 0 aliphatic carbocycles. The molecular formula is C15H18N4OS2. The van der Waals surface area contributed by atoms with Crippen molar-refractivity contribution in [2.75, 3.05) is 36.8 Å². The van der Waals surface area contributed by atoms with Crippen molar-refractivity contribution in [2.45, 2.75) is 11.9 Å². The average molecular weight is 334 g/mol. The molecule has 0 aromatic carbocycles. The molecule has 0 N–H and O–H groups in total. The zero-order chi connectivity index (χ0) is 15.4. The third kappa shape index (κ3) is 3.41. The highest BCUT2D eigenvalue weighted by Crippen LogP contribution is 2.19. The van der Waals surface area contributed by atoms with Gasteiger partial charge in [-0.3, -0.25) is 9.78 Å². The predicted molar refractivity (Wildman–Crippen MR) is 90.9 cm³/mol. The van der Waals surface area contributed by atoms with Gasteiger partial charge in [-0.2, -0.15) is 11.3 Å². The molecule has 1 aliphatic heterocycles. The standard InChI is InChI=1S/C15H18N4OS2/c1-2-22-14-10-16-9-13(17-14)18-4-6-19(7-5-18)15(20)12-3-8-21-11-12/h3,8-11H,2,4-7H2,1H3. The quantitative estimate of drug-likeness (QED) is 0.805. The van der Waals surface area contributed by atoms with Gasteiger partial charge in [-0.1, -0.05) is 6.92 Å². The van der Waals surface area contributed by atoms with Gasteiger partial charge in [0.05, 0.1) is 18.0 Å². The fourth-order valence-electron chi connectivity index (χ4n) is 2.42. The predicted octanol–water partition coefficient (Wildman–Crippen LogP) is 2.61. The summed E-state index contributed by atoms with van der Waals surface area (Å²) in [6.45, 7) is 5.15. The Balaban J connectivity index is 1.62. The van der Waals surface area contributed by atoms with E-state index < -0.39 is 0 Å². The maximum Gasteiger partial charge on any atom is 0.254 e. The summed E-state index contributed by atoms with van der Waals surface area (Å²) in [6, 6.07) is 1.89. The molecule has 3 rings (SSSR count). The summed E-state index contributed by atoms with van der Waals surface area (Å²) in [5.41, 5.74) is 0.791. The summed E-state index contributed by atoms with van der Waals surface area (Å²) in [6.07, 6.45) is 3.60. The number of carbonyl (C=O) groups is 1. The van der Waals surface area contributed by atoms with Crippen molar-refractivity contribution >= 4 is 34.8 Å². The maximum atomic E-state index is 12.3. The molecule has 0 saturated carbocycles. The number of piperazine rings is 1. The van der Waals surface area contributed by atoms with E-state index in [-0.39, 0.29) is 5.91 Å². The molecule has 1 saturated heterocycles. The molecule has 0 unspecified atom stereocenters. The molecule has 2 aromatic heterocycles. The van der Waals surface area contributed by atoms with E-state index in [1.165, 1.54) is 0 Å². The Morgan fingerprint density at radius 3 is 2.82 bits per heavy atom. The summed E-state index contributed by atoms with van der Waals surface area (Å²) in [5.74, 6) is 2.02. The number of amides is 1. The van der Waals surface area contributed by atoms with E-state index in [0.717, 1.165) is 48.3 Å². The molecule has 3 heterocycles. The lowest BCUT2D eigenvalue weighted by Gasteiger charge is -2.35. The number of anilines is 1. The highest BCUT2D eigenvalue weighted by Gasteiger charge is 2.23. The summed E-state index contributed by atoms with van der Waals surface area (Å²) >= 11 is 3.25. The topological polar surface area (TPSA) is 49.3 Å². The van der Waals surface area contributed by atoms with Gasteiger partial charge in [0.2, 0.25) is 0 Å². The lowest BCUT2D eigenvalue weighted by Crippen LogP contribution is -2.49. The van der Waals surface area contributed by atoms with E-state index in [9.17, 15) is 4.79 Å². The number of thioether (sulfide) groups is 1. The van der Waals surface area contributed by atoms with Crippen molar-refractivity contribution in [1.29, 1.82) is 0 Å². The van der Waals surface area contributed by atoms with Gasteiger partial charge in [0.15, 0.2) is 0 Å². The molecule has 1 amide bonds. The van der Waals surface area contributed by atoms with Crippen LogP contribution in [0.1, 0.15) is 17.3 Å². The van der Waals surface area contributed by atoms with E-state index in [1.807, 2.05) is 21.7 Å². The van der Waals surface area contributed by atoms with Crippen molar-refractivity contribution in [1.82, 2.24) is 14.9 Å². The molecule has 116 valence electrons. The van der Waals surface area contributed by atoms with Crippen LogP contribution in [0.25, 0.3) is 0 Å². The van der Waals surface area contributed by atoms with Crippen LogP contribution in [0.2, 0.25) is 0 Å². The first-order chi connectivity index (χ1) is 10.8. The van der Waals surface area contributed by atoms with Crippen LogP contribution in [0.5, 0.6) is 0 Å². The zero-order valence-electron chi connectivity index (χ0n) is 12.4. The van der Waals surface area contributed by atoms with Gasteiger partial charge in [-0.25, -0.2) is 4.98 Å². The van der Waals surface area contributed by atoms with Gasteiger partial charge in [0, 0.05) is 31.6 Å². The van der Waals surface area contributed by atoms with Crippen LogP contribution in [-0.2, 0) is 0 Å². The number of nitrogens with zero attached hydrogens (tertiary/aromatic N) is 4. The Morgan fingerprint density at radius 1 is 1.32 bits per heavy atom. The fraction of sp³-hybridized carbons (Fsp3) is 0.400. The minimum atomic E-state index is 0.127. The molecular weight excluding hydrogens is 316 g/mol. The number of carbonyl (C=O) groups excluding carboxylic acids is 1. The van der Waals surface area contributed by atoms with E-state index >= 15 is 0 Å². The molecule has 1 fully saturated rings. The summed E-state index contributed by atoms with van der Waals surface area (Å²) in [7, 11) is 0. The Kier molecular flexibility index (Phi) is 4.94. The molecule has 0 radical (unpaired) electrons. The molecule has 2 aromatic rings. The van der Waals surface area contributed by atoms with E-state index in [2.05, 4.69) is 21.8 Å². The second-order valence-electron chi connectivity index (χ2n) is 4.94. The van der Waals surface area contributed by atoms with Gasteiger partial charge >= 0.3 is 0 Å². The average Bonchev–Trinajstić information content (AvgIpc) is 3.09. The van der Waals surface area contributed by atoms with Crippen molar-refractivity contribution in [3.63, 3.8) is 0 Å². The summed E-state index contributed by atoms with van der Waals surface area (Å²) in [5, 5.41) is 4.80. The molecule has 7 heteroatoms. The number of hydrogen-bond acceptors (Lipinski definition) is 6. The highest BCUT2D eigenvalue weighted by molar-refractivity contribution is 7.99. The Morgan fingerprint density at radius 2 is 2.14 bits per heavy atom. The van der Waals surface area contributed by atoms with E-state index in [1.54, 1.807) is 35.5 Å². The van der Waals surface area contributed by atoms with Crippen LogP contribution in [0.15, 0.2) is 34.2 Å². The largest absolute Gasteiger partial charge is 0.352 e. The lowest BCUT2D eigenvalue weighted by atomic mass is 10.2. The fourth-order valence-corrected chi connectivity index (χ4v) is 3.63. The summed E-state index contributed by atoms with van der Waals surface area (Å²) in [4.78, 5) is 25.3. The normalized spacial score (nSPS) is 15.1. The number of aromatic nitrogens is 2. The lowest BCUT2D eigenvalue weighted by molar-refractivity contribution is 0.0747. The first-order valence-electron chi connectivity index (χ1n) is 7.29. The maximum absolute atomic E-state index is 12.3. The Labute approximate surface area is 138 Å². The second-order valence-corrected chi connectivity index (χ2v) is 7.00. The molecule has 0 bridgehead atoms. The van der Waals surface area contributed by atoms with Crippen molar-refractivity contribution < 1.29 is 4.79 Å². The van der Waals surface area contributed by atoms with E-state index in [4.69, 9.17) is 0 Å². The van der Waals surface area contributed by atoms with Crippen molar-refractivity contribution in [2.24, 2.45) is 0 Å². The third-order valence-electron chi connectivity index (χ3n) is 3.55. The third-order valence-corrected chi connectivity index (χ3v) is 5.02. The van der Waals surface area contributed by atoms with Crippen LogP contribution >= 0.6 is 23.1 Å². The van der Waals surface area contributed by atoms with Gasteiger partial charge in [-0.05, 0) is 17.2 Å². The number of hydrogen-bond donors (Lipinski definition) is 0. The first-order valence-corrected chi connectivity index (χ1v) is 9.22. The molecule has 0 spiro atoms. The van der Waals surface area contributed by atoms with Gasteiger partial charge < -0.3 is 9.80 Å². The van der Waals surface area contributed by atoms with Gasteiger partial charge in [0.1, 0.15) is 10.8 Å². The van der Waals surface area contributed by atoms with Crippen LogP contribution in [0.3, 0.4) is 0 Å². The van der Waals surface area contributed by atoms with Gasteiger partial charge in [-0.15, -0.1) is 11.8 Å². The van der Waals surface area contributed by atoms with Crippen LogP contribution in [0, 0.1) is 0 Å². The number of rotatable bonds is 4. The second kappa shape index (κ2) is 7.11. The Hall–Kier alpha value is -1.60. The first kappa shape index (κ1) is 15.3. The SMILES string of the molecule is CCSc1cncc(N2CCN(C(=O)c3ccsc3)CC2)n1. The monoisotopic (exact) mass is 334 g/mol. The Bertz CT molecular complexity index is 624. The zero-order valence-corrected chi connectivity index (χ0v) is 14.1. The smallest absolute Gasteiger partial charge is 0.254 e. The molecule has 0 atom stereocenters. The van der Waals surface area contributed by atoms with Crippen LogP contribution in [0.4, 0.5) is 5.82 Å². The summed E-state index contributed by atoms with van der Waals surface area (Å²) < 4.78 is 0. The van der Waals surface area contributed by atoms with Crippen LogP contribution in [-0.4, -0.2) is 52.7 Å². The molecule has 1 aliphatic rings. The number of thiophene rings is 1. The van der Waals surface area contributed by atoms with Crippen molar-refractivity contribution in [3.05, 3.63) is 34.8 Å². The molecule has 5 nitrogen and oxygen atoms in total. The van der Waals surface area contributed by atoms with Crippen molar-refractivity contribution in [3.8, 4) is 0 Å². The molecule has 22 heavy (non-hydrogen) atoms. The minimum absolute atomic E-state index is 0.127. The van der Waals surface area contributed by atoms with E-state index in [0.29, 0.717) is 0 Å². The minimum Gasteiger partial charge on any atom is -0.352 e. The van der Waals surface area contributed by atoms with Crippen LogP contribution < -0.4 is 4.90 Å².